The molecule has 14 atom stereocenters. The molecule has 10 aliphatic carbocycles. The third-order valence-corrected chi connectivity index (χ3v) is 26.5. The van der Waals surface area contributed by atoms with E-state index in [4.69, 9.17) is 9.47 Å². The van der Waals surface area contributed by atoms with Crippen LogP contribution in [0, 0.1) is 100 Å². The first kappa shape index (κ1) is 57.5. The first-order valence-electron chi connectivity index (χ1n) is 30.7. The van der Waals surface area contributed by atoms with Crippen molar-refractivity contribution in [3.63, 3.8) is 0 Å². The fourth-order valence-electron chi connectivity index (χ4n) is 21.5. The van der Waals surface area contributed by atoms with Crippen LogP contribution >= 0.6 is 0 Å². The van der Waals surface area contributed by atoms with Crippen molar-refractivity contribution in [2.75, 3.05) is 13.2 Å². The number of Topliss-reactive ketones (excluding diaryl/α,β-unsaturated/α-hetero) is 2. The van der Waals surface area contributed by atoms with Crippen molar-refractivity contribution in [1.29, 1.82) is 0 Å². The Balaban J connectivity index is 0.000000186. The van der Waals surface area contributed by atoms with Crippen LogP contribution in [-0.2, 0) is 38.2 Å². The molecule has 8 nitrogen and oxygen atoms in total. The van der Waals surface area contributed by atoms with Gasteiger partial charge in [-0.2, -0.15) is 0 Å². The van der Waals surface area contributed by atoms with Crippen LogP contribution < -0.4 is 0 Å². The van der Waals surface area contributed by atoms with Gasteiger partial charge in [0.05, 0.1) is 13.2 Å². The van der Waals surface area contributed by atoms with E-state index in [9.17, 15) is 28.8 Å². The van der Waals surface area contributed by atoms with Crippen molar-refractivity contribution in [1.82, 2.24) is 0 Å². The van der Waals surface area contributed by atoms with Crippen LogP contribution in [-0.4, -0.2) is 48.3 Å². The highest BCUT2D eigenvalue weighted by Gasteiger charge is 2.72. The van der Waals surface area contributed by atoms with Crippen LogP contribution in [0.2, 0.25) is 0 Å². The number of ether oxygens (including phenoxy) is 2. The first-order chi connectivity index (χ1) is 35.1. The largest absolute Gasteiger partial charge is 0.466 e. The van der Waals surface area contributed by atoms with Crippen molar-refractivity contribution < 1.29 is 38.2 Å². The van der Waals surface area contributed by atoms with E-state index in [-0.39, 0.29) is 101 Å². The molecule has 0 aliphatic heterocycles. The molecule has 0 saturated heterocycles. The highest BCUT2D eigenvalue weighted by Crippen LogP contribution is 2.77. The SMILES string of the molecule is CCOC(=O)/C=C/[C@]12CCC(C)(C)C[C@H]1[C@H]1C(=O)C=C3[C@@]4(C)CCC(=O)C(C)(C)[C@@H]4CC[C@@]3(C)[C@]1(C)CC2.CCOC(=O)CC[C@]12CCC(C)(C)C[C@H]1[C@H]1C(=O)C=C3[C@@]4(C)CCC(=O)C(C)(C)[C@@H]4CC[C@@]3(C)[C@]1(C)CC2. The second kappa shape index (κ2) is 18.7. The summed E-state index contributed by atoms with van der Waals surface area (Å²) >= 11 is 0. The van der Waals surface area contributed by atoms with Crippen LogP contribution in [0.4, 0.5) is 0 Å². The van der Waals surface area contributed by atoms with E-state index in [2.05, 4.69) is 115 Å². The Bertz CT molecular complexity index is 2520. The predicted octanol–water partition coefficient (Wildman–Crippen LogP) is 15.5. The molecule has 0 unspecified atom stereocenters. The molecule has 76 heavy (non-hydrogen) atoms. The summed E-state index contributed by atoms with van der Waals surface area (Å²) in [5, 5.41) is 0. The lowest BCUT2D eigenvalue weighted by molar-refractivity contribution is -0.178. The van der Waals surface area contributed by atoms with E-state index < -0.39 is 0 Å². The Morgan fingerprint density at radius 2 is 0.974 bits per heavy atom. The molecular weight excluding hydrogens is 945 g/mol. The van der Waals surface area contributed by atoms with Crippen molar-refractivity contribution in [2.24, 2.45) is 100 Å². The molecule has 0 aromatic heterocycles. The number of hydrogen-bond acceptors (Lipinski definition) is 8. The summed E-state index contributed by atoms with van der Waals surface area (Å²) in [4.78, 5) is 79.8. The van der Waals surface area contributed by atoms with Gasteiger partial charge in [-0.1, -0.05) is 114 Å². The van der Waals surface area contributed by atoms with Gasteiger partial charge in [0.15, 0.2) is 11.6 Å². The van der Waals surface area contributed by atoms with E-state index in [0.29, 0.717) is 67.4 Å². The first-order valence-corrected chi connectivity index (χ1v) is 30.7. The van der Waals surface area contributed by atoms with E-state index in [0.717, 1.165) is 109 Å². The van der Waals surface area contributed by atoms with Crippen LogP contribution in [0.3, 0.4) is 0 Å². The Labute approximate surface area is 459 Å². The standard InChI is InChI=1S/C34H52O4.C34H50O4/c2*1-9-38-27(37)12-15-34-18-16-29(2,3)21-22(34)28-23(35)20-25-31(6)13-11-26(36)30(4,5)24(31)10-14-32(25,7)33(28,8)17-19-34/h20,22,24,28H,9-19,21H2,1-8H3;12,15,20,22,24,28H,9-11,13-14,16-19,21H2,1-8H3/b;15-12+/t2*22-,24-,28-,31-,32+,33+,34+/m00/s1. The number of ketones is 4. The molecule has 0 N–H and O–H groups in total. The molecule has 8 heteroatoms. The highest BCUT2D eigenvalue weighted by molar-refractivity contribution is 5.97. The molecule has 0 aromatic rings. The van der Waals surface area contributed by atoms with E-state index in [1.807, 2.05) is 13.8 Å². The second-order valence-electron chi connectivity index (χ2n) is 31.6. The topological polar surface area (TPSA) is 121 Å². The highest BCUT2D eigenvalue weighted by atomic mass is 16.5. The molecule has 0 spiro atoms. The van der Waals surface area contributed by atoms with Gasteiger partial charge in [0.1, 0.15) is 11.6 Å². The van der Waals surface area contributed by atoms with E-state index >= 15 is 0 Å². The molecule has 0 radical (unpaired) electrons. The van der Waals surface area contributed by atoms with Crippen LogP contribution in [0.15, 0.2) is 35.5 Å². The maximum atomic E-state index is 14.5. The van der Waals surface area contributed by atoms with Crippen LogP contribution in [0.1, 0.15) is 239 Å². The molecular formula is C68H102O8. The lowest BCUT2D eigenvalue weighted by Crippen LogP contribution is -2.65. The maximum absolute atomic E-state index is 14.5. The average molecular weight is 1050 g/mol. The minimum atomic E-state index is -0.344. The zero-order valence-corrected chi connectivity index (χ0v) is 50.6. The second-order valence-corrected chi connectivity index (χ2v) is 31.6. The minimum absolute atomic E-state index is 0.00477. The summed E-state index contributed by atoms with van der Waals surface area (Å²) in [5.74, 6) is 2.10. The fourth-order valence-corrected chi connectivity index (χ4v) is 21.5. The molecule has 422 valence electrons. The summed E-state index contributed by atoms with van der Waals surface area (Å²) in [6.07, 6.45) is 27.0. The number of fused-ring (bicyclic) bond motifs is 14. The zero-order valence-electron chi connectivity index (χ0n) is 50.6. The Hall–Kier alpha value is -3.16. The van der Waals surface area contributed by atoms with Gasteiger partial charge in [-0.25, -0.2) is 4.79 Å². The molecule has 10 aliphatic rings. The monoisotopic (exact) mass is 1050 g/mol. The summed E-state index contributed by atoms with van der Waals surface area (Å²) < 4.78 is 10.6. The Morgan fingerprint density at radius 3 is 1.47 bits per heavy atom. The summed E-state index contributed by atoms with van der Waals surface area (Å²) in [6, 6.07) is 0. The van der Waals surface area contributed by atoms with Crippen molar-refractivity contribution in [3.8, 4) is 0 Å². The van der Waals surface area contributed by atoms with Crippen molar-refractivity contribution >= 4 is 35.1 Å². The lowest BCUT2D eigenvalue weighted by Gasteiger charge is -2.70. The van der Waals surface area contributed by atoms with Crippen LogP contribution in [0.25, 0.3) is 0 Å². The summed E-state index contributed by atoms with van der Waals surface area (Å²) in [7, 11) is 0. The number of carbonyl (C=O) groups excluding carboxylic acids is 6. The number of rotatable bonds is 7. The fraction of sp³-hybridized carbons (Fsp3) is 0.824. The molecule has 0 aromatic carbocycles. The minimum Gasteiger partial charge on any atom is -0.466 e. The van der Waals surface area contributed by atoms with Gasteiger partial charge in [-0.05, 0) is 213 Å². The van der Waals surface area contributed by atoms with Gasteiger partial charge < -0.3 is 9.47 Å². The summed E-state index contributed by atoms with van der Waals surface area (Å²) in [5.41, 5.74) is 1.77. The predicted molar refractivity (Wildman–Crippen MR) is 301 cm³/mol. The van der Waals surface area contributed by atoms with Crippen molar-refractivity contribution in [3.05, 3.63) is 35.5 Å². The van der Waals surface area contributed by atoms with E-state index in [1.165, 1.54) is 11.1 Å². The van der Waals surface area contributed by atoms with E-state index in [1.54, 1.807) is 6.08 Å². The number of esters is 2. The van der Waals surface area contributed by atoms with Crippen molar-refractivity contribution in [2.45, 2.75) is 239 Å². The lowest BCUT2D eigenvalue weighted by atomic mass is 9.33. The summed E-state index contributed by atoms with van der Waals surface area (Å²) in [6.45, 7) is 37.1. The normalized spacial score (nSPS) is 45.3. The molecule has 8 fully saturated rings. The molecule has 8 saturated carbocycles. The molecule has 0 heterocycles. The smallest absolute Gasteiger partial charge is 0.330 e. The van der Waals surface area contributed by atoms with Gasteiger partial charge >= 0.3 is 11.9 Å². The average Bonchev–Trinajstić information content (AvgIpc) is 3.35. The van der Waals surface area contributed by atoms with Gasteiger partial charge in [0.25, 0.3) is 0 Å². The van der Waals surface area contributed by atoms with Gasteiger partial charge in [-0.3, -0.25) is 24.0 Å². The Kier molecular flexibility index (Phi) is 14.2. The van der Waals surface area contributed by atoms with Crippen LogP contribution in [0.5, 0.6) is 0 Å². The zero-order chi connectivity index (χ0) is 55.9. The number of hydrogen-bond donors (Lipinski definition) is 0. The quantitative estimate of drug-likeness (QED) is 0.183. The maximum Gasteiger partial charge on any atom is 0.330 e. The Morgan fingerprint density at radius 1 is 0.539 bits per heavy atom. The van der Waals surface area contributed by atoms with Gasteiger partial charge in [0, 0.05) is 48.0 Å². The number of carbonyl (C=O) groups is 6. The molecule has 0 bridgehead atoms. The number of allylic oxidation sites excluding steroid dienone is 5. The third-order valence-electron chi connectivity index (χ3n) is 26.5. The molecule has 0 amide bonds. The third kappa shape index (κ3) is 8.40. The molecule has 10 rings (SSSR count). The van der Waals surface area contributed by atoms with Gasteiger partial charge in [0.2, 0.25) is 0 Å². The van der Waals surface area contributed by atoms with Gasteiger partial charge in [-0.15, -0.1) is 0 Å².